The van der Waals surface area contributed by atoms with Gasteiger partial charge in [0.2, 0.25) is 0 Å². The van der Waals surface area contributed by atoms with Gasteiger partial charge >= 0.3 is 0 Å². The predicted molar refractivity (Wildman–Crippen MR) is 49.4 cm³/mol. The molecule has 12 heavy (non-hydrogen) atoms. The molecule has 2 rings (SSSR count). The topological polar surface area (TPSA) is 17.3 Å². The van der Waals surface area contributed by atoms with Crippen molar-refractivity contribution in [2.75, 3.05) is 0 Å². The molecule has 0 aromatic carbocycles. The molecule has 0 saturated carbocycles. The van der Waals surface area contributed by atoms with Gasteiger partial charge in [0, 0.05) is 18.6 Å². The lowest BCUT2D eigenvalue weighted by Crippen LogP contribution is -1.93. The van der Waals surface area contributed by atoms with E-state index < -0.39 is 0 Å². The molecule has 0 aliphatic heterocycles. The van der Waals surface area contributed by atoms with E-state index >= 15 is 0 Å². The van der Waals surface area contributed by atoms with Crippen LogP contribution in [0.5, 0.6) is 0 Å². The first kappa shape index (κ1) is 7.35. The third-order valence-electron chi connectivity index (χ3n) is 2.49. The van der Waals surface area contributed by atoms with Crippen LogP contribution in [0.15, 0.2) is 18.6 Å². The molecule has 0 N–H and O–H groups in total. The summed E-state index contributed by atoms with van der Waals surface area (Å²) in [5.41, 5.74) is 5.00. The summed E-state index contributed by atoms with van der Waals surface area (Å²) in [4.78, 5) is 4.28. The number of aryl methyl sites for hydroxylation is 2. The number of fused-ring (bicyclic) bond motifs is 1. The number of hydrogen-bond donors (Lipinski definition) is 0. The molecule has 0 atom stereocenters. The molecular formula is C10H12N2. The van der Waals surface area contributed by atoms with Crippen LogP contribution in [0.25, 0.3) is 5.65 Å². The third kappa shape index (κ3) is 0.843. The first-order valence-electron chi connectivity index (χ1n) is 4.09. The van der Waals surface area contributed by atoms with E-state index in [0.29, 0.717) is 0 Å². The molecule has 0 saturated heterocycles. The van der Waals surface area contributed by atoms with Crippen LogP contribution in [0.3, 0.4) is 0 Å². The highest BCUT2D eigenvalue weighted by Gasteiger charge is 2.03. The lowest BCUT2D eigenvalue weighted by atomic mass is 10.1. The van der Waals surface area contributed by atoms with Crippen molar-refractivity contribution in [3.05, 3.63) is 35.3 Å². The summed E-state index contributed by atoms with van der Waals surface area (Å²) in [6.45, 7) is 6.38. The average molecular weight is 160 g/mol. The molecule has 0 radical (unpaired) electrons. The summed E-state index contributed by atoms with van der Waals surface area (Å²) < 4.78 is 2.07. The van der Waals surface area contributed by atoms with Crippen molar-refractivity contribution in [2.24, 2.45) is 0 Å². The minimum atomic E-state index is 1.07. The Hall–Kier alpha value is -1.31. The highest BCUT2D eigenvalue weighted by Crippen LogP contribution is 2.16. The van der Waals surface area contributed by atoms with E-state index in [-0.39, 0.29) is 0 Å². The van der Waals surface area contributed by atoms with E-state index in [1.807, 2.05) is 12.4 Å². The fourth-order valence-corrected chi connectivity index (χ4v) is 1.48. The van der Waals surface area contributed by atoms with Crippen molar-refractivity contribution in [3.63, 3.8) is 0 Å². The molecule has 2 heterocycles. The van der Waals surface area contributed by atoms with Crippen molar-refractivity contribution < 1.29 is 0 Å². The van der Waals surface area contributed by atoms with Gasteiger partial charge in [-0.3, -0.25) is 0 Å². The quantitative estimate of drug-likeness (QED) is 0.577. The van der Waals surface area contributed by atoms with Gasteiger partial charge in [0.1, 0.15) is 5.65 Å². The Bertz CT molecular complexity index is 427. The van der Waals surface area contributed by atoms with Crippen LogP contribution >= 0.6 is 0 Å². The SMILES string of the molecule is Cc1cn2ccnc2c(C)c1C. The van der Waals surface area contributed by atoms with Crippen LogP contribution in [0, 0.1) is 20.8 Å². The Kier molecular flexibility index (Phi) is 1.43. The lowest BCUT2D eigenvalue weighted by molar-refractivity contribution is 1.10. The number of aromatic nitrogens is 2. The summed E-state index contributed by atoms with van der Waals surface area (Å²) >= 11 is 0. The van der Waals surface area contributed by atoms with Crippen LogP contribution in [0.2, 0.25) is 0 Å². The molecule has 0 amide bonds. The zero-order chi connectivity index (χ0) is 8.72. The summed E-state index contributed by atoms with van der Waals surface area (Å²) in [6.07, 6.45) is 5.93. The molecule has 0 spiro atoms. The summed E-state index contributed by atoms with van der Waals surface area (Å²) in [5, 5.41) is 0. The largest absolute Gasteiger partial charge is 0.307 e. The standard InChI is InChI=1S/C10H12N2/c1-7-6-12-5-4-11-10(12)9(3)8(7)2/h4-6H,1-3H3. The number of nitrogens with zero attached hydrogens (tertiary/aromatic N) is 2. The minimum absolute atomic E-state index is 1.07. The summed E-state index contributed by atoms with van der Waals surface area (Å²) in [6, 6.07) is 0. The van der Waals surface area contributed by atoms with E-state index in [2.05, 4.69) is 36.4 Å². The summed E-state index contributed by atoms with van der Waals surface area (Å²) in [7, 11) is 0. The second-order valence-corrected chi connectivity index (χ2v) is 3.22. The van der Waals surface area contributed by atoms with Crippen molar-refractivity contribution in [3.8, 4) is 0 Å². The van der Waals surface area contributed by atoms with Gasteiger partial charge in [0.05, 0.1) is 0 Å². The fourth-order valence-electron chi connectivity index (χ4n) is 1.48. The molecule has 0 aliphatic rings. The molecule has 0 bridgehead atoms. The lowest BCUT2D eigenvalue weighted by Gasteiger charge is -2.05. The average Bonchev–Trinajstić information content (AvgIpc) is 2.48. The van der Waals surface area contributed by atoms with Crippen molar-refractivity contribution in [2.45, 2.75) is 20.8 Å². The van der Waals surface area contributed by atoms with Crippen LogP contribution in [0.4, 0.5) is 0 Å². The van der Waals surface area contributed by atoms with Gasteiger partial charge in [-0.05, 0) is 37.5 Å². The Morgan fingerprint density at radius 2 is 1.92 bits per heavy atom. The van der Waals surface area contributed by atoms with Gasteiger partial charge in [0.15, 0.2) is 0 Å². The monoisotopic (exact) mass is 160 g/mol. The Morgan fingerprint density at radius 3 is 2.67 bits per heavy atom. The van der Waals surface area contributed by atoms with E-state index in [4.69, 9.17) is 0 Å². The number of pyridine rings is 1. The maximum absolute atomic E-state index is 4.28. The molecule has 0 aliphatic carbocycles. The van der Waals surface area contributed by atoms with Gasteiger partial charge in [-0.1, -0.05) is 0 Å². The first-order chi connectivity index (χ1) is 5.70. The molecule has 2 heteroatoms. The third-order valence-corrected chi connectivity index (χ3v) is 2.49. The minimum Gasteiger partial charge on any atom is -0.307 e. The van der Waals surface area contributed by atoms with Crippen LogP contribution in [0.1, 0.15) is 16.7 Å². The molecule has 0 fully saturated rings. The number of hydrogen-bond acceptors (Lipinski definition) is 1. The highest BCUT2D eigenvalue weighted by atomic mass is 15.0. The highest BCUT2D eigenvalue weighted by molar-refractivity contribution is 5.52. The van der Waals surface area contributed by atoms with Gasteiger partial charge in [-0.2, -0.15) is 0 Å². The van der Waals surface area contributed by atoms with Crippen molar-refractivity contribution in [1.29, 1.82) is 0 Å². The molecule has 2 nitrogen and oxygen atoms in total. The van der Waals surface area contributed by atoms with Gasteiger partial charge in [-0.15, -0.1) is 0 Å². The number of rotatable bonds is 0. The normalized spacial score (nSPS) is 10.9. The zero-order valence-electron chi connectivity index (χ0n) is 7.63. The smallest absolute Gasteiger partial charge is 0.139 e. The van der Waals surface area contributed by atoms with Crippen LogP contribution in [-0.4, -0.2) is 9.38 Å². The van der Waals surface area contributed by atoms with Gasteiger partial charge in [-0.25, -0.2) is 4.98 Å². The van der Waals surface area contributed by atoms with Crippen molar-refractivity contribution in [1.82, 2.24) is 9.38 Å². The Morgan fingerprint density at radius 1 is 1.17 bits per heavy atom. The maximum Gasteiger partial charge on any atom is 0.139 e. The van der Waals surface area contributed by atoms with Crippen molar-refractivity contribution >= 4 is 5.65 Å². The van der Waals surface area contributed by atoms with Crippen LogP contribution in [-0.2, 0) is 0 Å². The number of imidazole rings is 1. The van der Waals surface area contributed by atoms with Crippen LogP contribution < -0.4 is 0 Å². The fraction of sp³-hybridized carbons (Fsp3) is 0.300. The molecule has 2 aromatic heterocycles. The van der Waals surface area contributed by atoms with E-state index in [1.54, 1.807) is 0 Å². The van der Waals surface area contributed by atoms with E-state index in [1.165, 1.54) is 16.7 Å². The van der Waals surface area contributed by atoms with Gasteiger partial charge in [0.25, 0.3) is 0 Å². The molecule has 62 valence electrons. The molecule has 2 aromatic rings. The van der Waals surface area contributed by atoms with E-state index in [9.17, 15) is 0 Å². The predicted octanol–water partition coefficient (Wildman–Crippen LogP) is 2.26. The zero-order valence-corrected chi connectivity index (χ0v) is 7.63. The maximum atomic E-state index is 4.28. The van der Waals surface area contributed by atoms with Gasteiger partial charge < -0.3 is 4.40 Å². The van der Waals surface area contributed by atoms with E-state index in [0.717, 1.165) is 5.65 Å². The Balaban J connectivity index is 2.94. The summed E-state index contributed by atoms with van der Waals surface area (Å²) in [5.74, 6) is 0. The molecular weight excluding hydrogens is 148 g/mol. The second kappa shape index (κ2) is 2.34. The Labute approximate surface area is 71.9 Å². The first-order valence-corrected chi connectivity index (χ1v) is 4.09. The molecule has 0 unspecified atom stereocenters. The second-order valence-electron chi connectivity index (χ2n) is 3.22.